The van der Waals surface area contributed by atoms with Gasteiger partial charge >= 0.3 is 0 Å². The third kappa shape index (κ3) is 3.02. The van der Waals surface area contributed by atoms with Gasteiger partial charge in [-0.1, -0.05) is 18.2 Å². The number of halogens is 1. The van der Waals surface area contributed by atoms with Gasteiger partial charge in [0.15, 0.2) is 0 Å². The van der Waals surface area contributed by atoms with Crippen molar-refractivity contribution in [3.63, 3.8) is 0 Å². The Kier molecular flexibility index (Phi) is 3.91. The number of nitrogens with one attached hydrogen (secondary N) is 1. The standard InChI is InChI=1S/C15H16BrNOS/c1-10(15-7-12(16)9-19-15)17-8-13-6-11-4-2-3-5-14(11)18-13/h2-5,7,9-10,13,17H,6,8H2,1H3. The molecule has 0 radical (unpaired) electrons. The molecule has 1 N–H and O–H groups in total. The van der Waals surface area contributed by atoms with Crippen molar-refractivity contribution < 1.29 is 4.74 Å². The van der Waals surface area contributed by atoms with Gasteiger partial charge in [0, 0.05) is 33.7 Å². The molecule has 1 aliphatic rings. The SMILES string of the molecule is CC(NCC1Cc2ccccc2O1)c1cc(Br)cs1. The monoisotopic (exact) mass is 337 g/mol. The molecule has 100 valence electrons. The van der Waals surface area contributed by atoms with Gasteiger partial charge in [-0.2, -0.15) is 0 Å². The second kappa shape index (κ2) is 5.65. The van der Waals surface area contributed by atoms with E-state index in [0.29, 0.717) is 6.04 Å². The average Bonchev–Trinajstić information content (AvgIpc) is 3.01. The van der Waals surface area contributed by atoms with Gasteiger partial charge in [0.1, 0.15) is 11.9 Å². The van der Waals surface area contributed by atoms with Gasteiger partial charge in [-0.15, -0.1) is 11.3 Å². The Morgan fingerprint density at radius 1 is 1.47 bits per heavy atom. The van der Waals surface area contributed by atoms with E-state index >= 15 is 0 Å². The number of para-hydroxylation sites is 1. The molecule has 0 aliphatic carbocycles. The van der Waals surface area contributed by atoms with Gasteiger partial charge in [0.2, 0.25) is 0 Å². The molecule has 2 aromatic rings. The van der Waals surface area contributed by atoms with Crippen LogP contribution in [0.3, 0.4) is 0 Å². The second-order valence-corrected chi connectivity index (χ2v) is 6.71. The number of thiophene rings is 1. The fraction of sp³-hybridized carbons (Fsp3) is 0.333. The molecule has 0 amide bonds. The van der Waals surface area contributed by atoms with E-state index in [0.717, 1.165) is 23.2 Å². The Bertz CT molecular complexity index is 544. The van der Waals surface area contributed by atoms with Crippen LogP contribution in [0.25, 0.3) is 0 Å². The van der Waals surface area contributed by atoms with E-state index in [1.165, 1.54) is 10.4 Å². The van der Waals surface area contributed by atoms with Crippen molar-refractivity contribution in [2.75, 3.05) is 6.54 Å². The van der Waals surface area contributed by atoms with E-state index in [1.807, 2.05) is 6.07 Å². The summed E-state index contributed by atoms with van der Waals surface area (Å²) in [5, 5.41) is 5.67. The van der Waals surface area contributed by atoms with Gasteiger partial charge in [0.05, 0.1) is 0 Å². The molecule has 4 heteroatoms. The highest BCUT2D eigenvalue weighted by molar-refractivity contribution is 9.10. The minimum atomic E-state index is 0.253. The maximum Gasteiger partial charge on any atom is 0.123 e. The smallest absolute Gasteiger partial charge is 0.123 e. The largest absolute Gasteiger partial charge is 0.488 e. The molecule has 1 aromatic heterocycles. The number of hydrogen-bond donors (Lipinski definition) is 1. The zero-order chi connectivity index (χ0) is 13.2. The normalized spacial score (nSPS) is 18.9. The van der Waals surface area contributed by atoms with Crippen molar-refractivity contribution in [2.45, 2.75) is 25.5 Å². The third-order valence-corrected chi connectivity index (χ3v) is 5.26. The Morgan fingerprint density at radius 2 is 2.32 bits per heavy atom. The number of rotatable bonds is 4. The van der Waals surface area contributed by atoms with Gasteiger partial charge in [-0.3, -0.25) is 0 Å². The third-order valence-electron chi connectivity index (χ3n) is 3.38. The minimum absolute atomic E-state index is 0.253. The second-order valence-electron chi connectivity index (χ2n) is 4.85. The van der Waals surface area contributed by atoms with Crippen molar-refractivity contribution in [3.8, 4) is 5.75 Å². The van der Waals surface area contributed by atoms with Crippen LogP contribution in [0.4, 0.5) is 0 Å². The fourth-order valence-electron chi connectivity index (χ4n) is 2.33. The lowest BCUT2D eigenvalue weighted by molar-refractivity contribution is 0.223. The van der Waals surface area contributed by atoms with E-state index in [2.05, 4.69) is 57.8 Å². The van der Waals surface area contributed by atoms with E-state index in [9.17, 15) is 0 Å². The van der Waals surface area contributed by atoms with Crippen LogP contribution < -0.4 is 10.1 Å². The minimum Gasteiger partial charge on any atom is -0.488 e. The molecule has 0 fully saturated rings. The van der Waals surface area contributed by atoms with Crippen molar-refractivity contribution in [2.24, 2.45) is 0 Å². The van der Waals surface area contributed by atoms with E-state index in [-0.39, 0.29) is 6.10 Å². The van der Waals surface area contributed by atoms with Crippen LogP contribution in [-0.2, 0) is 6.42 Å². The predicted octanol–water partition coefficient (Wildman–Crippen LogP) is 4.16. The van der Waals surface area contributed by atoms with Crippen LogP contribution in [0, 0.1) is 0 Å². The molecule has 2 atom stereocenters. The van der Waals surface area contributed by atoms with Gasteiger partial charge < -0.3 is 10.1 Å². The summed E-state index contributed by atoms with van der Waals surface area (Å²) < 4.78 is 7.09. The van der Waals surface area contributed by atoms with Crippen LogP contribution in [0.15, 0.2) is 40.2 Å². The highest BCUT2D eigenvalue weighted by atomic mass is 79.9. The van der Waals surface area contributed by atoms with Crippen LogP contribution in [-0.4, -0.2) is 12.6 Å². The molecular formula is C15H16BrNOS. The van der Waals surface area contributed by atoms with Crippen molar-refractivity contribution >= 4 is 27.3 Å². The maximum absolute atomic E-state index is 5.93. The summed E-state index contributed by atoms with van der Waals surface area (Å²) in [6.45, 7) is 3.08. The van der Waals surface area contributed by atoms with Crippen molar-refractivity contribution in [1.29, 1.82) is 0 Å². The molecule has 0 bridgehead atoms. The van der Waals surface area contributed by atoms with E-state index in [4.69, 9.17) is 4.74 Å². The Labute approximate surface area is 125 Å². The van der Waals surface area contributed by atoms with Gasteiger partial charge in [-0.25, -0.2) is 0 Å². The number of hydrogen-bond acceptors (Lipinski definition) is 3. The molecule has 19 heavy (non-hydrogen) atoms. The fourth-order valence-corrected chi connectivity index (χ4v) is 3.81. The summed E-state index contributed by atoms with van der Waals surface area (Å²) in [5.41, 5.74) is 1.32. The lowest BCUT2D eigenvalue weighted by Crippen LogP contribution is -2.31. The van der Waals surface area contributed by atoms with Gasteiger partial charge in [-0.05, 0) is 40.5 Å². The molecule has 2 heterocycles. The van der Waals surface area contributed by atoms with Crippen LogP contribution in [0.2, 0.25) is 0 Å². The summed E-state index contributed by atoms with van der Waals surface area (Å²) in [5.74, 6) is 1.04. The molecule has 1 aliphatic heterocycles. The zero-order valence-corrected chi connectivity index (χ0v) is 13.1. The van der Waals surface area contributed by atoms with E-state index < -0.39 is 0 Å². The molecular weight excluding hydrogens is 322 g/mol. The average molecular weight is 338 g/mol. The van der Waals surface area contributed by atoms with Crippen LogP contribution in [0.5, 0.6) is 5.75 Å². The van der Waals surface area contributed by atoms with Crippen molar-refractivity contribution in [3.05, 3.63) is 50.6 Å². The number of ether oxygens (including phenoxy) is 1. The molecule has 1 aromatic carbocycles. The number of fused-ring (bicyclic) bond motifs is 1. The summed E-state index contributed by atoms with van der Waals surface area (Å²) in [7, 11) is 0. The summed E-state index contributed by atoms with van der Waals surface area (Å²) in [6.07, 6.45) is 1.26. The topological polar surface area (TPSA) is 21.3 Å². The number of benzene rings is 1. The Balaban J connectivity index is 1.54. The lowest BCUT2D eigenvalue weighted by Gasteiger charge is -2.16. The zero-order valence-electron chi connectivity index (χ0n) is 10.7. The lowest BCUT2D eigenvalue weighted by atomic mass is 10.1. The summed E-state index contributed by atoms with van der Waals surface area (Å²) in [6, 6.07) is 10.8. The first kappa shape index (κ1) is 13.2. The first-order valence-corrected chi connectivity index (χ1v) is 8.11. The summed E-state index contributed by atoms with van der Waals surface area (Å²) >= 11 is 5.27. The van der Waals surface area contributed by atoms with Crippen LogP contribution in [0.1, 0.15) is 23.4 Å². The highest BCUT2D eigenvalue weighted by Gasteiger charge is 2.22. The van der Waals surface area contributed by atoms with Crippen LogP contribution >= 0.6 is 27.3 Å². The highest BCUT2D eigenvalue weighted by Crippen LogP contribution is 2.29. The maximum atomic E-state index is 5.93. The van der Waals surface area contributed by atoms with E-state index in [1.54, 1.807) is 11.3 Å². The van der Waals surface area contributed by atoms with Gasteiger partial charge in [0.25, 0.3) is 0 Å². The molecule has 0 saturated heterocycles. The Morgan fingerprint density at radius 3 is 3.05 bits per heavy atom. The molecule has 0 spiro atoms. The molecule has 0 saturated carbocycles. The molecule has 2 unspecified atom stereocenters. The molecule has 3 rings (SSSR count). The Hall–Kier alpha value is -0.840. The first-order chi connectivity index (χ1) is 9.22. The summed E-state index contributed by atoms with van der Waals surface area (Å²) in [4.78, 5) is 1.35. The predicted molar refractivity (Wildman–Crippen MR) is 83.0 cm³/mol. The molecule has 2 nitrogen and oxygen atoms in total. The first-order valence-electron chi connectivity index (χ1n) is 6.44. The van der Waals surface area contributed by atoms with Crippen molar-refractivity contribution in [1.82, 2.24) is 5.32 Å². The quantitative estimate of drug-likeness (QED) is 0.904.